The largest absolute Gasteiger partial charge is 0.466 e. The molecule has 0 aliphatic rings. The van der Waals surface area contributed by atoms with Gasteiger partial charge in [0.15, 0.2) is 11.6 Å². The van der Waals surface area contributed by atoms with E-state index in [1.54, 1.807) is 6.92 Å². The highest BCUT2D eigenvalue weighted by Crippen LogP contribution is 2.13. The second-order valence-electron chi connectivity index (χ2n) is 3.88. The first-order chi connectivity index (χ1) is 8.97. The third kappa shape index (κ3) is 4.01. The van der Waals surface area contributed by atoms with Gasteiger partial charge in [0.25, 0.3) is 5.91 Å². The third-order valence-corrected chi connectivity index (χ3v) is 2.49. The van der Waals surface area contributed by atoms with Crippen LogP contribution in [0.15, 0.2) is 18.2 Å². The fourth-order valence-corrected chi connectivity index (χ4v) is 1.47. The molecule has 6 heteroatoms. The number of carbonyl (C=O) groups is 2. The van der Waals surface area contributed by atoms with E-state index >= 15 is 0 Å². The number of amides is 1. The van der Waals surface area contributed by atoms with E-state index in [0.717, 1.165) is 11.0 Å². The Morgan fingerprint density at radius 3 is 2.63 bits per heavy atom. The van der Waals surface area contributed by atoms with E-state index < -0.39 is 23.5 Å². The van der Waals surface area contributed by atoms with Crippen LogP contribution in [0.25, 0.3) is 0 Å². The van der Waals surface area contributed by atoms with Crippen LogP contribution >= 0.6 is 0 Å². The predicted octanol–water partition coefficient (Wildman–Crippen LogP) is 1.99. The van der Waals surface area contributed by atoms with E-state index in [1.807, 2.05) is 0 Å². The summed E-state index contributed by atoms with van der Waals surface area (Å²) in [7, 11) is 1.41. The van der Waals surface area contributed by atoms with Crippen molar-refractivity contribution < 1.29 is 23.1 Å². The molecule has 0 aliphatic carbocycles. The molecular weight excluding hydrogens is 256 g/mol. The molecule has 1 amide bonds. The van der Waals surface area contributed by atoms with Gasteiger partial charge in [0.05, 0.1) is 18.6 Å². The van der Waals surface area contributed by atoms with Crippen LogP contribution in [0.5, 0.6) is 0 Å². The molecule has 1 aromatic carbocycles. The maximum absolute atomic E-state index is 13.4. The molecule has 0 saturated carbocycles. The van der Waals surface area contributed by atoms with Gasteiger partial charge in [-0.2, -0.15) is 0 Å². The molecule has 0 radical (unpaired) electrons. The van der Waals surface area contributed by atoms with E-state index in [4.69, 9.17) is 4.74 Å². The van der Waals surface area contributed by atoms with E-state index in [-0.39, 0.29) is 25.1 Å². The van der Waals surface area contributed by atoms with Gasteiger partial charge in [0.1, 0.15) is 0 Å². The van der Waals surface area contributed by atoms with Crippen molar-refractivity contribution in [2.75, 3.05) is 20.2 Å². The van der Waals surface area contributed by atoms with Crippen molar-refractivity contribution >= 4 is 11.9 Å². The summed E-state index contributed by atoms with van der Waals surface area (Å²) in [4.78, 5) is 24.1. The number of hydrogen-bond acceptors (Lipinski definition) is 3. The van der Waals surface area contributed by atoms with Gasteiger partial charge >= 0.3 is 5.97 Å². The maximum atomic E-state index is 13.4. The van der Waals surface area contributed by atoms with Gasteiger partial charge in [-0.05, 0) is 19.1 Å². The molecule has 0 bridgehead atoms. The first-order valence-electron chi connectivity index (χ1n) is 5.82. The fourth-order valence-electron chi connectivity index (χ4n) is 1.47. The molecule has 0 N–H and O–H groups in total. The Morgan fingerprint density at radius 2 is 2.00 bits per heavy atom. The molecule has 19 heavy (non-hydrogen) atoms. The number of carbonyl (C=O) groups excluding carboxylic acids is 2. The van der Waals surface area contributed by atoms with E-state index in [9.17, 15) is 18.4 Å². The molecule has 0 unspecified atom stereocenters. The SMILES string of the molecule is CCOC(=O)CCN(C)C(=O)c1cccc(F)c1F. The van der Waals surface area contributed by atoms with Crippen molar-refractivity contribution in [3.8, 4) is 0 Å². The van der Waals surface area contributed by atoms with Crippen LogP contribution in [0, 0.1) is 11.6 Å². The maximum Gasteiger partial charge on any atom is 0.307 e. The molecular formula is C13H15F2NO3. The van der Waals surface area contributed by atoms with Gasteiger partial charge in [0.2, 0.25) is 0 Å². The van der Waals surface area contributed by atoms with Gasteiger partial charge in [-0.25, -0.2) is 8.78 Å². The average molecular weight is 271 g/mol. The summed E-state index contributed by atoms with van der Waals surface area (Å²) >= 11 is 0. The minimum absolute atomic E-state index is 0.00696. The summed E-state index contributed by atoms with van der Waals surface area (Å²) in [5.41, 5.74) is -0.355. The zero-order chi connectivity index (χ0) is 14.4. The first-order valence-corrected chi connectivity index (χ1v) is 5.82. The van der Waals surface area contributed by atoms with Crippen LogP contribution in [0.3, 0.4) is 0 Å². The van der Waals surface area contributed by atoms with Crippen LogP contribution < -0.4 is 0 Å². The summed E-state index contributed by atoms with van der Waals surface area (Å²) in [6.45, 7) is 2.01. The molecule has 4 nitrogen and oxygen atoms in total. The lowest BCUT2D eigenvalue weighted by molar-refractivity contribution is -0.143. The van der Waals surface area contributed by atoms with E-state index in [2.05, 4.69) is 0 Å². The lowest BCUT2D eigenvalue weighted by Gasteiger charge is -2.17. The Labute approximate surface area is 110 Å². The van der Waals surface area contributed by atoms with Gasteiger partial charge < -0.3 is 9.64 Å². The average Bonchev–Trinajstić information content (AvgIpc) is 2.38. The minimum atomic E-state index is -1.18. The van der Waals surface area contributed by atoms with Crippen molar-refractivity contribution in [3.63, 3.8) is 0 Å². The first kappa shape index (κ1) is 15.1. The zero-order valence-electron chi connectivity index (χ0n) is 10.8. The molecule has 104 valence electrons. The van der Waals surface area contributed by atoms with Crippen LogP contribution in [-0.4, -0.2) is 37.0 Å². The molecule has 0 atom stereocenters. The van der Waals surface area contributed by atoms with Gasteiger partial charge in [0, 0.05) is 13.6 Å². The molecule has 0 fully saturated rings. The number of benzene rings is 1. The summed E-state index contributed by atoms with van der Waals surface area (Å²) in [6.07, 6.45) is 0.00696. The smallest absolute Gasteiger partial charge is 0.307 e. The Kier molecular flexibility index (Phi) is 5.41. The highest BCUT2D eigenvalue weighted by atomic mass is 19.2. The monoisotopic (exact) mass is 271 g/mol. The number of nitrogens with zero attached hydrogens (tertiary/aromatic N) is 1. The number of halogens is 2. The fraction of sp³-hybridized carbons (Fsp3) is 0.385. The van der Waals surface area contributed by atoms with Crippen molar-refractivity contribution in [1.82, 2.24) is 4.90 Å². The Bertz CT molecular complexity index is 477. The highest BCUT2D eigenvalue weighted by Gasteiger charge is 2.19. The quantitative estimate of drug-likeness (QED) is 0.769. The van der Waals surface area contributed by atoms with Crippen molar-refractivity contribution in [1.29, 1.82) is 0 Å². The van der Waals surface area contributed by atoms with Crippen LogP contribution in [0.4, 0.5) is 8.78 Å². The molecule has 0 aliphatic heterocycles. The summed E-state index contributed by atoms with van der Waals surface area (Å²) in [5, 5.41) is 0. The summed E-state index contributed by atoms with van der Waals surface area (Å²) < 4.78 is 31.1. The van der Waals surface area contributed by atoms with Gasteiger partial charge in [-0.15, -0.1) is 0 Å². The third-order valence-electron chi connectivity index (χ3n) is 2.49. The van der Waals surface area contributed by atoms with Crippen molar-refractivity contribution in [2.45, 2.75) is 13.3 Å². The molecule has 0 aromatic heterocycles. The van der Waals surface area contributed by atoms with Crippen LogP contribution in [-0.2, 0) is 9.53 Å². The minimum Gasteiger partial charge on any atom is -0.466 e. The van der Waals surface area contributed by atoms with E-state index in [1.165, 1.54) is 19.2 Å². The topological polar surface area (TPSA) is 46.6 Å². The highest BCUT2D eigenvalue weighted by molar-refractivity contribution is 5.94. The number of esters is 1. The predicted molar refractivity (Wildman–Crippen MR) is 64.6 cm³/mol. The van der Waals surface area contributed by atoms with Crippen LogP contribution in [0.1, 0.15) is 23.7 Å². The van der Waals surface area contributed by atoms with E-state index in [0.29, 0.717) is 0 Å². The zero-order valence-corrected chi connectivity index (χ0v) is 10.8. The summed E-state index contributed by atoms with van der Waals surface area (Å²) in [6, 6.07) is 3.39. The van der Waals surface area contributed by atoms with Gasteiger partial charge in [-0.1, -0.05) is 6.07 Å². The van der Waals surface area contributed by atoms with Crippen molar-refractivity contribution in [2.24, 2.45) is 0 Å². The Morgan fingerprint density at radius 1 is 1.32 bits per heavy atom. The lowest BCUT2D eigenvalue weighted by atomic mass is 10.2. The molecule has 0 heterocycles. The number of ether oxygens (including phenoxy) is 1. The standard InChI is InChI=1S/C13H15F2NO3/c1-3-19-11(17)7-8-16(2)13(18)9-5-4-6-10(14)12(9)15/h4-6H,3,7-8H2,1-2H3. The summed E-state index contributed by atoms with van der Waals surface area (Å²) in [5.74, 6) is -3.39. The molecule has 1 aromatic rings. The number of hydrogen-bond donors (Lipinski definition) is 0. The number of rotatable bonds is 5. The lowest BCUT2D eigenvalue weighted by Crippen LogP contribution is -2.30. The van der Waals surface area contributed by atoms with Gasteiger partial charge in [-0.3, -0.25) is 9.59 Å². The normalized spacial score (nSPS) is 10.1. The molecule has 0 saturated heterocycles. The Hall–Kier alpha value is -1.98. The second kappa shape index (κ2) is 6.82. The molecule has 1 rings (SSSR count). The molecule has 0 spiro atoms. The Balaban J connectivity index is 2.67. The van der Waals surface area contributed by atoms with Crippen molar-refractivity contribution in [3.05, 3.63) is 35.4 Å². The second-order valence-corrected chi connectivity index (χ2v) is 3.88. The van der Waals surface area contributed by atoms with Crippen LogP contribution in [0.2, 0.25) is 0 Å².